The second-order valence-electron chi connectivity index (χ2n) is 4.18. The second-order valence-corrected chi connectivity index (χ2v) is 4.18. The minimum Gasteiger partial charge on any atom is -0.496 e. The van der Waals surface area contributed by atoms with Crippen LogP contribution in [-0.2, 0) is 4.79 Å². The maximum atomic E-state index is 11.0. The van der Waals surface area contributed by atoms with E-state index in [-0.39, 0.29) is 0 Å². The first-order chi connectivity index (χ1) is 10.7. The van der Waals surface area contributed by atoms with E-state index >= 15 is 0 Å². The molecule has 3 N–H and O–H groups in total. The van der Waals surface area contributed by atoms with E-state index in [1.54, 1.807) is 13.2 Å². The molecule has 1 rings (SSSR count). The fourth-order valence-electron chi connectivity index (χ4n) is 1.68. The standard InChI is InChI=1S/C15H20N2O3.C2H6/c1-20-14-9-3-2-6-12(14)7-5-11-17-13(15(18)19)8-4-10-16;1-2/h2-3,5-7,9,11,13H,4,8,10,16H2,1H3,(H,18,19);1-2H3/b7-5+,17-11?;. The lowest BCUT2D eigenvalue weighted by Crippen LogP contribution is -2.19. The van der Waals surface area contributed by atoms with Crippen LogP contribution in [0.15, 0.2) is 35.3 Å². The zero-order valence-corrected chi connectivity index (χ0v) is 13.5. The molecule has 1 unspecified atom stereocenters. The molecule has 0 bridgehead atoms. The third kappa shape index (κ3) is 7.59. The topological polar surface area (TPSA) is 84.9 Å². The fraction of sp³-hybridized carbons (Fsp3) is 0.412. The summed E-state index contributed by atoms with van der Waals surface area (Å²) in [6, 6.07) is 6.82. The van der Waals surface area contributed by atoms with Gasteiger partial charge < -0.3 is 15.6 Å². The van der Waals surface area contributed by atoms with Gasteiger partial charge >= 0.3 is 5.97 Å². The number of carboxylic acid groups (broad SMARTS) is 1. The number of para-hydroxylation sites is 1. The molecule has 1 aromatic carbocycles. The van der Waals surface area contributed by atoms with Crippen molar-refractivity contribution in [1.82, 2.24) is 0 Å². The normalized spacial score (nSPS) is 12.0. The molecule has 0 saturated heterocycles. The number of carbonyl (C=O) groups is 1. The van der Waals surface area contributed by atoms with Gasteiger partial charge in [0.15, 0.2) is 0 Å². The van der Waals surface area contributed by atoms with E-state index in [1.807, 2.05) is 44.2 Å². The number of methoxy groups -OCH3 is 1. The molecule has 1 atom stereocenters. The third-order valence-electron chi connectivity index (χ3n) is 2.73. The molecular weight excluding hydrogens is 280 g/mol. The Bertz CT molecular complexity index is 485. The van der Waals surface area contributed by atoms with Crippen molar-refractivity contribution in [2.24, 2.45) is 10.7 Å². The molecule has 0 aliphatic heterocycles. The molecule has 5 nitrogen and oxygen atoms in total. The Balaban J connectivity index is 0.00000211. The zero-order chi connectivity index (χ0) is 16.8. The lowest BCUT2D eigenvalue weighted by molar-refractivity contribution is -0.138. The first-order valence-corrected chi connectivity index (χ1v) is 7.44. The van der Waals surface area contributed by atoms with Crippen molar-refractivity contribution in [3.63, 3.8) is 0 Å². The maximum absolute atomic E-state index is 11.0. The predicted molar refractivity (Wildman–Crippen MR) is 91.6 cm³/mol. The summed E-state index contributed by atoms with van der Waals surface area (Å²) in [6.45, 7) is 4.47. The van der Waals surface area contributed by atoms with Crippen LogP contribution in [0.2, 0.25) is 0 Å². The van der Waals surface area contributed by atoms with Crippen LogP contribution < -0.4 is 10.5 Å². The smallest absolute Gasteiger partial charge is 0.328 e. The highest BCUT2D eigenvalue weighted by atomic mass is 16.5. The van der Waals surface area contributed by atoms with Gasteiger partial charge in [0, 0.05) is 11.8 Å². The Morgan fingerprint density at radius 1 is 1.41 bits per heavy atom. The third-order valence-corrected chi connectivity index (χ3v) is 2.73. The zero-order valence-electron chi connectivity index (χ0n) is 13.5. The molecule has 0 saturated carbocycles. The van der Waals surface area contributed by atoms with E-state index in [1.165, 1.54) is 6.21 Å². The van der Waals surface area contributed by atoms with E-state index in [0.29, 0.717) is 19.4 Å². The van der Waals surface area contributed by atoms with Gasteiger partial charge in [-0.3, -0.25) is 4.99 Å². The molecule has 0 aliphatic rings. The Hall–Kier alpha value is -2.14. The summed E-state index contributed by atoms with van der Waals surface area (Å²) in [5.41, 5.74) is 6.28. The minimum atomic E-state index is -0.930. The van der Waals surface area contributed by atoms with Gasteiger partial charge in [0.25, 0.3) is 0 Å². The van der Waals surface area contributed by atoms with Gasteiger partial charge in [-0.05, 0) is 37.6 Å². The van der Waals surface area contributed by atoms with Crippen LogP contribution >= 0.6 is 0 Å². The number of benzene rings is 1. The molecule has 22 heavy (non-hydrogen) atoms. The number of nitrogens with zero attached hydrogens (tertiary/aromatic N) is 1. The number of hydrogen-bond donors (Lipinski definition) is 2. The SMILES string of the molecule is CC.COc1ccccc1/C=C/C=NC(CCCN)C(=O)O. The van der Waals surface area contributed by atoms with Gasteiger partial charge in [0.05, 0.1) is 7.11 Å². The number of hydrogen-bond acceptors (Lipinski definition) is 4. The highest BCUT2D eigenvalue weighted by molar-refractivity contribution is 5.82. The lowest BCUT2D eigenvalue weighted by Gasteiger charge is -2.05. The summed E-state index contributed by atoms with van der Waals surface area (Å²) in [5, 5.41) is 9.00. The molecule has 5 heteroatoms. The summed E-state index contributed by atoms with van der Waals surface area (Å²) < 4.78 is 5.21. The van der Waals surface area contributed by atoms with Crippen LogP contribution in [0.5, 0.6) is 5.75 Å². The van der Waals surface area contributed by atoms with Crippen molar-refractivity contribution in [3.05, 3.63) is 35.9 Å². The molecule has 122 valence electrons. The van der Waals surface area contributed by atoms with Crippen LogP contribution in [0.25, 0.3) is 6.08 Å². The maximum Gasteiger partial charge on any atom is 0.328 e. The quantitative estimate of drug-likeness (QED) is 0.723. The summed E-state index contributed by atoms with van der Waals surface area (Å²) in [4.78, 5) is 15.0. The summed E-state index contributed by atoms with van der Waals surface area (Å²) in [6.07, 6.45) is 6.12. The number of carboxylic acids is 1. The van der Waals surface area contributed by atoms with Crippen molar-refractivity contribution < 1.29 is 14.6 Å². The Morgan fingerprint density at radius 2 is 2.09 bits per heavy atom. The van der Waals surface area contributed by atoms with Crippen LogP contribution in [0, 0.1) is 0 Å². The van der Waals surface area contributed by atoms with Crippen molar-refractivity contribution in [2.75, 3.05) is 13.7 Å². The van der Waals surface area contributed by atoms with E-state index in [9.17, 15) is 4.79 Å². The molecule has 0 aromatic heterocycles. The lowest BCUT2D eigenvalue weighted by atomic mass is 10.1. The van der Waals surface area contributed by atoms with Crippen LogP contribution in [0.4, 0.5) is 0 Å². The Labute approximate surface area is 132 Å². The van der Waals surface area contributed by atoms with Crippen LogP contribution in [-0.4, -0.2) is 37.0 Å². The van der Waals surface area contributed by atoms with Crippen molar-refractivity contribution in [3.8, 4) is 5.75 Å². The monoisotopic (exact) mass is 306 g/mol. The second kappa shape index (κ2) is 12.6. The Kier molecular flexibility index (Phi) is 11.4. The number of nitrogens with two attached hydrogens (primary N) is 1. The number of aliphatic carboxylic acids is 1. The van der Waals surface area contributed by atoms with Gasteiger partial charge in [0.1, 0.15) is 11.8 Å². The van der Waals surface area contributed by atoms with Gasteiger partial charge in [-0.1, -0.05) is 32.0 Å². The largest absolute Gasteiger partial charge is 0.496 e. The first-order valence-electron chi connectivity index (χ1n) is 7.44. The van der Waals surface area contributed by atoms with Crippen LogP contribution in [0.1, 0.15) is 32.3 Å². The predicted octanol–water partition coefficient (Wildman–Crippen LogP) is 3.00. The average molecular weight is 306 g/mol. The highest BCUT2D eigenvalue weighted by Gasteiger charge is 2.13. The van der Waals surface area contributed by atoms with Gasteiger partial charge in [-0.25, -0.2) is 4.79 Å². The molecule has 1 aromatic rings. The van der Waals surface area contributed by atoms with Crippen molar-refractivity contribution >= 4 is 18.3 Å². The van der Waals surface area contributed by atoms with Crippen molar-refractivity contribution in [1.29, 1.82) is 0 Å². The molecule has 0 radical (unpaired) electrons. The first kappa shape index (κ1) is 19.9. The molecule has 0 aliphatic carbocycles. The van der Waals surface area contributed by atoms with Gasteiger partial charge in [0.2, 0.25) is 0 Å². The summed E-state index contributed by atoms with van der Waals surface area (Å²) >= 11 is 0. The van der Waals surface area contributed by atoms with Gasteiger partial charge in [-0.2, -0.15) is 0 Å². The molecule has 0 fully saturated rings. The van der Waals surface area contributed by atoms with Crippen LogP contribution in [0.3, 0.4) is 0 Å². The van der Waals surface area contributed by atoms with Crippen molar-refractivity contribution in [2.45, 2.75) is 32.7 Å². The average Bonchev–Trinajstić information content (AvgIpc) is 2.56. The summed E-state index contributed by atoms with van der Waals surface area (Å²) in [7, 11) is 1.61. The van der Waals surface area contributed by atoms with E-state index < -0.39 is 12.0 Å². The molecule has 0 spiro atoms. The minimum absolute atomic E-state index is 0.449. The van der Waals surface area contributed by atoms with E-state index in [0.717, 1.165) is 11.3 Å². The summed E-state index contributed by atoms with van der Waals surface area (Å²) in [5.74, 6) is -0.171. The number of aliphatic imine (C=N–C) groups is 1. The fourth-order valence-corrected chi connectivity index (χ4v) is 1.68. The molecule has 0 heterocycles. The van der Waals surface area contributed by atoms with E-state index in [4.69, 9.17) is 15.6 Å². The number of rotatable bonds is 8. The van der Waals surface area contributed by atoms with E-state index in [2.05, 4.69) is 4.99 Å². The highest BCUT2D eigenvalue weighted by Crippen LogP contribution is 2.18. The number of allylic oxidation sites excluding steroid dienone is 1. The molecule has 0 amide bonds. The Morgan fingerprint density at radius 3 is 2.68 bits per heavy atom. The van der Waals surface area contributed by atoms with Gasteiger partial charge in [-0.15, -0.1) is 0 Å². The number of ether oxygens (including phenoxy) is 1. The molecular formula is C17H26N2O3.